The molecule has 0 aliphatic carbocycles. The standard InChI is InChI=1S/C29H39N3O7/c1-20(2)15-16-32(25-14-10-9-13-24(25)31-29(36)37-18-21(3)4)17-26(33)27(34)39-22(5)30-28(35)38-19-23-11-7-6-8-12-23/h6-14,20-22H,15-19H2,1-5H3,(H,30,35)(H,31,36). The van der Waals surface area contributed by atoms with Crippen molar-refractivity contribution in [2.75, 3.05) is 29.9 Å². The van der Waals surface area contributed by atoms with Gasteiger partial charge in [0.25, 0.3) is 5.78 Å². The van der Waals surface area contributed by atoms with Gasteiger partial charge in [-0.1, -0.05) is 70.2 Å². The predicted molar refractivity (Wildman–Crippen MR) is 148 cm³/mol. The van der Waals surface area contributed by atoms with Crippen LogP contribution in [0.3, 0.4) is 0 Å². The molecule has 2 N–H and O–H groups in total. The minimum absolute atomic E-state index is 0.0511. The van der Waals surface area contributed by atoms with Crippen molar-refractivity contribution in [1.82, 2.24) is 5.32 Å². The molecule has 0 fully saturated rings. The van der Waals surface area contributed by atoms with Crippen molar-refractivity contribution < 1.29 is 33.4 Å². The Morgan fingerprint density at radius 3 is 2.15 bits per heavy atom. The molecule has 0 bridgehead atoms. The molecular formula is C29H39N3O7. The van der Waals surface area contributed by atoms with Crippen LogP contribution in [-0.2, 0) is 30.4 Å². The molecule has 10 nitrogen and oxygen atoms in total. The van der Waals surface area contributed by atoms with Gasteiger partial charge in [-0.05, 0) is 42.9 Å². The first-order valence-electron chi connectivity index (χ1n) is 13.0. The van der Waals surface area contributed by atoms with E-state index in [-0.39, 0.29) is 25.7 Å². The number of anilines is 2. The molecule has 1 atom stereocenters. The van der Waals surface area contributed by atoms with Gasteiger partial charge in [0, 0.05) is 6.54 Å². The van der Waals surface area contributed by atoms with Crippen LogP contribution in [0.2, 0.25) is 0 Å². The minimum Gasteiger partial charge on any atom is -0.449 e. The van der Waals surface area contributed by atoms with Gasteiger partial charge in [-0.25, -0.2) is 14.4 Å². The van der Waals surface area contributed by atoms with E-state index in [1.54, 1.807) is 29.2 Å². The number of carbonyl (C=O) groups is 4. The van der Waals surface area contributed by atoms with E-state index in [0.717, 1.165) is 12.0 Å². The van der Waals surface area contributed by atoms with E-state index in [1.807, 2.05) is 58.0 Å². The fourth-order valence-corrected chi connectivity index (χ4v) is 3.37. The molecule has 0 radical (unpaired) electrons. The summed E-state index contributed by atoms with van der Waals surface area (Å²) in [5.41, 5.74) is 1.82. The number of hydrogen-bond acceptors (Lipinski definition) is 8. The van der Waals surface area contributed by atoms with Crippen LogP contribution < -0.4 is 15.5 Å². The molecule has 2 rings (SSSR count). The maximum absolute atomic E-state index is 12.8. The largest absolute Gasteiger partial charge is 0.449 e. The third-order valence-corrected chi connectivity index (χ3v) is 5.39. The Morgan fingerprint density at radius 2 is 1.49 bits per heavy atom. The van der Waals surface area contributed by atoms with Crippen LogP contribution in [0.5, 0.6) is 0 Å². The maximum Gasteiger partial charge on any atom is 0.411 e. The van der Waals surface area contributed by atoms with Crippen LogP contribution >= 0.6 is 0 Å². The molecule has 0 aromatic heterocycles. The Kier molecular flexibility index (Phi) is 12.8. The number of benzene rings is 2. The summed E-state index contributed by atoms with van der Waals surface area (Å²) in [6.45, 7) is 9.88. The number of hydrogen-bond donors (Lipinski definition) is 2. The van der Waals surface area contributed by atoms with Gasteiger partial charge in [-0.3, -0.25) is 15.4 Å². The minimum atomic E-state index is -1.10. The lowest BCUT2D eigenvalue weighted by atomic mass is 10.1. The average Bonchev–Trinajstić information content (AvgIpc) is 2.89. The monoisotopic (exact) mass is 541 g/mol. The zero-order valence-electron chi connectivity index (χ0n) is 23.3. The van der Waals surface area contributed by atoms with Crippen LogP contribution in [-0.4, -0.2) is 49.9 Å². The number of alkyl carbamates (subject to hydrolysis) is 1. The summed E-state index contributed by atoms with van der Waals surface area (Å²) in [4.78, 5) is 51.4. The second-order valence-corrected chi connectivity index (χ2v) is 9.92. The van der Waals surface area contributed by atoms with E-state index < -0.39 is 30.2 Å². The number of ketones is 1. The summed E-state index contributed by atoms with van der Waals surface area (Å²) in [6, 6.07) is 16.1. The third kappa shape index (κ3) is 11.9. The second kappa shape index (κ2) is 16.0. The predicted octanol–water partition coefficient (Wildman–Crippen LogP) is 5.13. The Hall–Kier alpha value is -4.08. The lowest BCUT2D eigenvalue weighted by Gasteiger charge is -2.27. The first-order chi connectivity index (χ1) is 18.5. The third-order valence-electron chi connectivity index (χ3n) is 5.39. The van der Waals surface area contributed by atoms with Crippen LogP contribution in [0.15, 0.2) is 54.6 Å². The number of carbonyl (C=O) groups excluding carboxylic acids is 4. The highest BCUT2D eigenvalue weighted by Crippen LogP contribution is 2.26. The van der Waals surface area contributed by atoms with Crippen LogP contribution in [0.4, 0.5) is 21.0 Å². The highest BCUT2D eigenvalue weighted by atomic mass is 16.6. The summed E-state index contributed by atoms with van der Waals surface area (Å²) in [5.74, 6) is -1.39. The lowest BCUT2D eigenvalue weighted by Crippen LogP contribution is -2.41. The number of amides is 2. The van der Waals surface area contributed by atoms with Crippen LogP contribution in [0, 0.1) is 11.8 Å². The zero-order valence-corrected chi connectivity index (χ0v) is 23.3. The number of rotatable bonds is 14. The molecule has 2 amide bonds. The molecule has 39 heavy (non-hydrogen) atoms. The van der Waals surface area contributed by atoms with E-state index in [2.05, 4.69) is 10.6 Å². The Labute approximate surface area is 230 Å². The van der Waals surface area contributed by atoms with Gasteiger partial charge in [0.15, 0.2) is 6.23 Å². The normalized spacial score (nSPS) is 11.5. The van der Waals surface area contributed by atoms with E-state index in [0.29, 0.717) is 23.8 Å². The van der Waals surface area contributed by atoms with Gasteiger partial charge in [0.05, 0.1) is 24.5 Å². The number of ether oxygens (including phenoxy) is 3. The smallest absolute Gasteiger partial charge is 0.411 e. The molecule has 212 valence electrons. The van der Waals surface area contributed by atoms with E-state index in [1.165, 1.54) is 6.92 Å². The summed E-state index contributed by atoms with van der Waals surface area (Å²) in [6.07, 6.45) is -1.74. The average molecular weight is 542 g/mol. The Balaban J connectivity index is 2.00. The van der Waals surface area contributed by atoms with Crippen molar-refractivity contribution in [1.29, 1.82) is 0 Å². The fourth-order valence-electron chi connectivity index (χ4n) is 3.37. The molecule has 0 saturated heterocycles. The highest BCUT2D eigenvalue weighted by molar-refractivity contribution is 6.35. The molecule has 0 spiro atoms. The SMILES string of the molecule is CC(C)CCN(CC(=O)C(=O)OC(C)NC(=O)OCc1ccccc1)c1ccccc1NC(=O)OCC(C)C. The summed E-state index contributed by atoms with van der Waals surface area (Å²) in [5, 5.41) is 5.10. The van der Waals surface area contributed by atoms with Gasteiger partial charge in [0.2, 0.25) is 0 Å². The first kappa shape index (κ1) is 31.1. The van der Waals surface area contributed by atoms with Crippen molar-refractivity contribution in [3.8, 4) is 0 Å². The molecule has 1 unspecified atom stereocenters. The van der Waals surface area contributed by atoms with Gasteiger partial charge in [0.1, 0.15) is 6.61 Å². The molecule has 10 heteroatoms. The highest BCUT2D eigenvalue weighted by Gasteiger charge is 2.24. The van der Waals surface area contributed by atoms with Crippen molar-refractivity contribution in [3.63, 3.8) is 0 Å². The van der Waals surface area contributed by atoms with Crippen LogP contribution in [0.1, 0.15) is 46.6 Å². The van der Waals surface area contributed by atoms with Crippen molar-refractivity contribution in [2.24, 2.45) is 11.8 Å². The second-order valence-electron chi connectivity index (χ2n) is 9.92. The molecule has 2 aromatic rings. The Bertz CT molecular complexity index is 1090. The van der Waals surface area contributed by atoms with Gasteiger partial charge in [-0.15, -0.1) is 0 Å². The van der Waals surface area contributed by atoms with E-state index >= 15 is 0 Å². The molecule has 0 aliphatic rings. The quantitative estimate of drug-likeness (QED) is 0.146. The maximum atomic E-state index is 12.8. The number of para-hydroxylation sites is 2. The lowest BCUT2D eigenvalue weighted by molar-refractivity contribution is -0.157. The number of nitrogens with one attached hydrogen (secondary N) is 2. The van der Waals surface area contributed by atoms with Gasteiger partial charge < -0.3 is 19.1 Å². The topological polar surface area (TPSA) is 123 Å². The summed E-state index contributed by atoms with van der Waals surface area (Å²) >= 11 is 0. The number of esters is 1. The summed E-state index contributed by atoms with van der Waals surface area (Å²) < 4.78 is 15.5. The van der Waals surface area contributed by atoms with Gasteiger partial charge in [-0.2, -0.15) is 0 Å². The number of nitrogens with zero attached hydrogens (tertiary/aromatic N) is 1. The van der Waals surface area contributed by atoms with Crippen molar-refractivity contribution >= 4 is 35.3 Å². The first-order valence-corrected chi connectivity index (χ1v) is 13.0. The fraction of sp³-hybridized carbons (Fsp3) is 0.448. The van der Waals surface area contributed by atoms with Crippen molar-refractivity contribution in [3.05, 3.63) is 60.2 Å². The van der Waals surface area contributed by atoms with Gasteiger partial charge >= 0.3 is 18.2 Å². The molecular weight excluding hydrogens is 502 g/mol. The molecule has 0 saturated carbocycles. The van der Waals surface area contributed by atoms with Crippen molar-refractivity contribution in [2.45, 2.75) is 53.9 Å². The summed E-state index contributed by atoms with van der Waals surface area (Å²) in [7, 11) is 0. The molecule has 0 heterocycles. The molecule has 2 aromatic carbocycles. The Morgan fingerprint density at radius 1 is 0.821 bits per heavy atom. The van der Waals surface area contributed by atoms with E-state index in [4.69, 9.17) is 14.2 Å². The zero-order chi connectivity index (χ0) is 28.8. The number of Topliss-reactive ketones (excluding diaryl/α,β-unsaturated/α-hetero) is 1. The van der Waals surface area contributed by atoms with E-state index in [9.17, 15) is 19.2 Å². The molecule has 0 aliphatic heterocycles. The van der Waals surface area contributed by atoms with Crippen LogP contribution in [0.25, 0.3) is 0 Å².